The quantitative estimate of drug-likeness (QED) is 0.692. The first-order valence-electron chi connectivity index (χ1n) is 5.20. The number of methoxy groups -OCH3 is 1. The summed E-state index contributed by atoms with van der Waals surface area (Å²) in [6, 6.07) is 0. The van der Waals surface area contributed by atoms with Gasteiger partial charge < -0.3 is 24.4 Å². The summed E-state index contributed by atoms with van der Waals surface area (Å²) in [4.78, 5) is 0. The van der Waals surface area contributed by atoms with Crippen molar-refractivity contribution in [3.63, 3.8) is 0 Å². The van der Waals surface area contributed by atoms with E-state index >= 15 is 0 Å². The number of hydrogen-bond donors (Lipinski definition) is 2. The first kappa shape index (κ1) is 12.9. The van der Waals surface area contributed by atoms with Gasteiger partial charge in [0.2, 0.25) is 0 Å². The summed E-state index contributed by atoms with van der Waals surface area (Å²) >= 11 is 0. The first-order chi connectivity index (χ1) is 7.04. The topological polar surface area (TPSA) is 68.2 Å². The Kier molecular flexibility index (Phi) is 4.95. The Morgan fingerprint density at radius 2 is 2.07 bits per heavy atom. The maximum atomic E-state index is 9.63. The van der Waals surface area contributed by atoms with Crippen molar-refractivity contribution in [2.45, 2.75) is 51.0 Å². The van der Waals surface area contributed by atoms with Gasteiger partial charge in [-0.3, -0.25) is 0 Å². The van der Waals surface area contributed by atoms with Gasteiger partial charge in [0.15, 0.2) is 6.29 Å². The van der Waals surface area contributed by atoms with Crippen molar-refractivity contribution in [1.82, 2.24) is 0 Å². The van der Waals surface area contributed by atoms with Crippen molar-refractivity contribution >= 4 is 0 Å². The van der Waals surface area contributed by atoms with Crippen molar-refractivity contribution in [3.8, 4) is 0 Å². The zero-order valence-corrected chi connectivity index (χ0v) is 9.42. The molecule has 0 saturated carbocycles. The SMILES string of the molecule is COC[C@@H]1C[C@@H](O)[C@@H](O)[C@H](OC(C)C)O1. The average molecular weight is 220 g/mol. The van der Waals surface area contributed by atoms with E-state index in [9.17, 15) is 10.2 Å². The molecule has 0 spiro atoms. The van der Waals surface area contributed by atoms with Gasteiger partial charge in [0.25, 0.3) is 0 Å². The van der Waals surface area contributed by atoms with Gasteiger partial charge in [-0.25, -0.2) is 0 Å². The van der Waals surface area contributed by atoms with E-state index in [1.807, 2.05) is 13.8 Å². The van der Waals surface area contributed by atoms with Crippen LogP contribution in [-0.4, -0.2) is 54.6 Å². The van der Waals surface area contributed by atoms with E-state index in [0.717, 1.165) is 0 Å². The molecule has 5 heteroatoms. The van der Waals surface area contributed by atoms with Crippen LogP contribution in [0.25, 0.3) is 0 Å². The third kappa shape index (κ3) is 3.70. The Morgan fingerprint density at radius 3 is 2.60 bits per heavy atom. The largest absolute Gasteiger partial charge is 0.390 e. The highest BCUT2D eigenvalue weighted by molar-refractivity contribution is 4.81. The molecule has 1 rings (SSSR count). The van der Waals surface area contributed by atoms with Gasteiger partial charge in [-0.2, -0.15) is 0 Å². The highest BCUT2D eigenvalue weighted by Gasteiger charge is 2.37. The molecule has 0 aliphatic carbocycles. The second-order valence-electron chi connectivity index (χ2n) is 4.06. The molecular weight excluding hydrogens is 200 g/mol. The summed E-state index contributed by atoms with van der Waals surface area (Å²) in [5.41, 5.74) is 0. The van der Waals surface area contributed by atoms with Gasteiger partial charge in [-0.1, -0.05) is 0 Å². The fourth-order valence-electron chi connectivity index (χ4n) is 1.59. The summed E-state index contributed by atoms with van der Waals surface area (Å²) in [5.74, 6) is 0. The molecule has 1 saturated heterocycles. The van der Waals surface area contributed by atoms with Gasteiger partial charge >= 0.3 is 0 Å². The molecule has 1 aliphatic rings. The lowest BCUT2D eigenvalue weighted by Crippen LogP contribution is -2.51. The number of rotatable bonds is 4. The highest BCUT2D eigenvalue weighted by Crippen LogP contribution is 2.22. The molecule has 0 bridgehead atoms. The minimum atomic E-state index is -0.986. The van der Waals surface area contributed by atoms with E-state index in [0.29, 0.717) is 13.0 Å². The van der Waals surface area contributed by atoms with Gasteiger partial charge in [0.1, 0.15) is 6.10 Å². The zero-order valence-electron chi connectivity index (χ0n) is 9.42. The maximum absolute atomic E-state index is 9.63. The lowest BCUT2D eigenvalue weighted by molar-refractivity contribution is -0.281. The standard InChI is InChI=1S/C10H20O5/c1-6(2)14-10-9(12)8(11)4-7(15-10)5-13-3/h6-12H,4-5H2,1-3H3/t7-,8+,9+,10+/m0/s1. The summed E-state index contributed by atoms with van der Waals surface area (Å²) in [5, 5.41) is 19.2. The molecular formula is C10H20O5. The molecule has 4 atom stereocenters. The van der Waals surface area contributed by atoms with Crippen LogP contribution in [0.4, 0.5) is 0 Å². The molecule has 0 amide bonds. The molecule has 0 radical (unpaired) electrons. The third-order valence-corrected chi connectivity index (χ3v) is 2.26. The monoisotopic (exact) mass is 220 g/mol. The molecule has 1 aliphatic heterocycles. The van der Waals surface area contributed by atoms with Gasteiger partial charge in [0, 0.05) is 13.5 Å². The molecule has 1 heterocycles. The maximum Gasteiger partial charge on any atom is 0.186 e. The number of aliphatic hydroxyl groups excluding tert-OH is 2. The Morgan fingerprint density at radius 1 is 1.40 bits per heavy atom. The van der Waals surface area contributed by atoms with Gasteiger partial charge in [0.05, 0.1) is 24.9 Å². The van der Waals surface area contributed by atoms with E-state index in [-0.39, 0.29) is 12.2 Å². The molecule has 1 fully saturated rings. The number of hydrogen-bond acceptors (Lipinski definition) is 5. The van der Waals surface area contributed by atoms with Gasteiger partial charge in [-0.05, 0) is 13.8 Å². The Balaban J connectivity index is 2.52. The molecule has 0 aromatic heterocycles. The lowest BCUT2D eigenvalue weighted by atomic mass is 10.0. The normalized spacial score (nSPS) is 37.2. The lowest BCUT2D eigenvalue weighted by Gasteiger charge is -2.37. The minimum absolute atomic E-state index is 0.0573. The second kappa shape index (κ2) is 5.77. The van der Waals surface area contributed by atoms with Crippen LogP contribution in [-0.2, 0) is 14.2 Å². The Labute approximate surface area is 89.9 Å². The van der Waals surface area contributed by atoms with Crippen molar-refractivity contribution < 1.29 is 24.4 Å². The molecule has 2 N–H and O–H groups in total. The Hall–Kier alpha value is -0.200. The van der Waals surface area contributed by atoms with E-state index in [1.54, 1.807) is 7.11 Å². The van der Waals surface area contributed by atoms with E-state index < -0.39 is 18.5 Å². The minimum Gasteiger partial charge on any atom is -0.390 e. The summed E-state index contributed by atoms with van der Waals surface area (Å²) in [7, 11) is 1.57. The van der Waals surface area contributed by atoms with Crippen LogP contribution in [0.15, 0.2) is 0 Å². The highest BCUT2D eigenvalue weighted by atomic mass is 16.7. The molecule has 5 nitrogen and oxygen atoms in total. The first-order valence-corrected chi connectivity index (χ1v) is 5.20. The van der Waals surface area contributed by atoms with Crippen molar-refractivity contribution in [2.24, 2.45) is 0 Å². The van der Waals surface area contributed by atoms with Crippen LogP contribution in [0.3, 0.4) is 0 Å². The molecule has 15 heavy (non-hydrogen) atoms. The fraction of sp³-hybridized carbons (Fsp3) is 1.00. The summed E-state index contributed by atoms with van der Waals surface area (Å²) in [6.45, 7) is 4.09. The van der Waals surface area contributed by atoms with Crippen molar-refractivity contribution in [1.29, 1.82) is 0 Å². The molecule has 90 valence electrons. The molecule has 0 unspecified atom stereocenters. The molecule has 0 aromatic rings. The third-order valence-electron chi connectivity index (χ3n) is 2.26. The summed E-state index contributed by atoms with van der Waals surface area (Å²) < 4.78 is 15.8. The average Bonchev–Trinajstić information content (AvgIpc) is 2.13. The fourth-order valence-corrected chi connectivity index (χ4v) is 1.59. The Bertz CT molecular complexity index is 185. The second-order valence-corrected chi connectivity index (χ2v) is 4.06. The van der Waals surface area contributed by atoms with Gasteiger partial charge in [-0.15, -0.1) is 0 Å². The van der Waals surface area contributed by atoms with E-state index in [1.165, 1.54) is 0 Å². The summed E-state index contributed by atoms with van der Waals surface area (Å²) in [6.07, 6.45) is -2.49. The zero-order chi connectivity index (χ0) is 11.4. The van der Waals surface area contributed by atoms with Crippen LogP contribution < -0.4 is 0 Å². The van der Waals surface area contributed by atoms with Crippen molar-refractivity contribution in [2.75, 3.05) is 13.7 Å². The van der Waals surface area contributed by atoms with Crippen LogP contribution in [0.5, 0.6) is 0 Å². The van der Waals surface area contributed by atoms with E-state index in [2.05, 4.69) is 0 Å². The number of aliphatic hydroxyl groups is 2. The predicted octanol–water partition coefficient (Wildman–Crippen LogP) is -0.105. The molecule has 0 aromatic carbocycles. The van der Waals surface area contributed by atoms with Crippen molar-refractivity contribution in [3.05, 3.63) is 0 Å². The predicted molar refractivity (Wildman–Crippen MR) is 53.4 cm³/mol. The van der Waals surface area contributed by atoms with Crippen LogP contribution in [0.1, 0.15) is 20.3 Å². The van der Waals surface area contributed by atoms with Crippen LogP contribution in [0.2, 0.25) is 0 Å². The van der Waals surface area contributed by atoms with Crippen LogP contribution >= 0.6 is 0 Å². The van der Waals surface area contributed by atoms with E-state index in [4.69, 9.17) is 14.2 Å². The smallest absolute Gasteiger partial charge is 0.186 e. The van der Waals surface area contributed by atoms with Crippen LogP contribution in [0, 0.1) is 0 Å². The number of ether oxygens (including phenoxy) is 3.